The monoisotopic (exact) mass is 557 g/mol. The van der Waals surface area contributed by atoms with Crippen LogP contribution < -0.4 is 10.6 Å². The lowest BCUT2D eigenvalue weighted by Gasteiger charge is -2.17. The van der Waals surface area contributed by atoms with Crippen LogP contribution in [0.5, 0.6) is 0 Å². The Morgan fingerprint density at radius 3 is 2.19 bits per heavy atom. The van der Waals surface area contributed by atoms with Crippen LogP contribution in [0.3, 0.4) is 0 Å². The first-order valence-corrected chi connectivity index (χ1v) is 15.5. The van der Waals surface area contributed by atoms with Crippen molar-refractivity contribution in [1.29, 1.82) is 0 Å². The fourth-order valence-corrected chi connectivity index (χ4v) is 8.08. The molecule has 0 saturated carbocycles. The lowest BCUT2D eigenvalue weighted by molar-refractivity contribution is 0.833. The minimum Gasteiger partial charge on any atom is -0.282 e. The summed E-state index contributed by atoms with van der Waals surface area (Å²) in [7, 11) is 0. The predicted octanol–water partition coefficient (Wildman–Crippen LogP) is 8.09. The highest BCUT2D eigenvalue weighted by Crippen LogP contribution is 2.48. The molecule has 0 amide bonds. The summed E-state index contributed by atoms with van der Waals surface area (Å²) in [5, 5.41) is 4.82. The van der Waals surface area contributed by atoms with E-state index in [2.05, 4.69) is 120 Å². The van der Waals surface area contributed by atoms with Gasteiger partial charge in [0.15, 0.2) is 0 Å². The number of benzene rings is 4. The minimum atomic E-state index is 0.767. The number of thiophene rings is 1. The average Bonchev–Trinajstić information content (AvgIpc) is 3.60. The molecular formula is C38H27N3S. The summed E-state index contributed by atoms with van der Waals surface area (Å²) in [6.45, 7) is 0. The van der Waals surface area contributed by atoms with Crippen molar-refractivity contribution in [3.8, 4) is 39.5 Å². The lowest BCUT2D eigenvalue weighted by atomic mass is 9.91. The van der Waals surface area contributed by atoms with Crippen molar-refractivity contribution in [2.24, 2.45) is 0 Å². The molecule has 42 heavy (non-hydrogen) atoms. The van der Waals surface area contributed by atoms with Gasteiger partial charge in [0.1, 0.15) is 0 Å². The summed E-state index contributed by atoms with van der Waals surface area (Å²) >= 11 is 1.95. The Morgan fingerprint density at radius 1 is 0.595 bits per heavy atom. The van der Waals surface area contributed by atoms with Crippen LogP contribution in [0.25, 0.3) is 72.6 Å². The maximum atomic E-state index is 5.37. The highest BCUT2D eigenvalue weighted by Gasteiger charge is 2.29. The minimum absolute atomic E-state index is 0.767. The molecule has 0 bridgehead atoms. The van der Waals surface area contributed by atoms with Gasteiger partial charge in [-0.2, -0.15) is 0 Å². The van der Waals surface area contributed by atoms with Gasteiger partial charge in [-0.3, -0.25) is 4.57 Å². The molecule has 0 radical (unpaired) electrons. The van der Waals surface area contributed by atoms with Crippen molar-refractivity contribution >= 4 is 44.5 Å². The van der Waals surface area contributed by atoms with Crippen LogP contribution in [0.4, 0.5) is 0 Å². The Balaban J connectivity index is 1.29. The lowest BCUT2D eigenvalue weighted by Crippen LogP contribution is -2.35. The number of aromatic nitrogens is 3. The van der Waals surface area contributed by atoms with E-state index in [1.807, 2.05) is 11.3 Å². The summed E-state index contributed by atoms with van der Waals surface area (Å²) in [5.41, 5.74) is 9.82. The van der Waals surface area contributed by atoms with Crippen molar-refractivity contribution in [3.05, 3.63) is 124 Å². The second-order valence-electron chi connectivity index (χ2n) is 11.2. The fourth-order valence-electron chi connectivity index (χ4n) is 6.87. The first-order valence-electron chi connectivity index (χ1n) is 14.7. The second-order valence-corrected chi connectivity index (χ2v) is 12.3. The van der Waals surface area contributed by atoms with Gasteiger partial charge in [0.25, 0.3) is 0 Å². The molecule has 2 aliphatic rings. The summed E-state index contributed by atoms with van der Waals surface area (Å²) in [6.07, 6.45) is 8.63. The van der Waals surface area contributed by atoms with E-state index in [4.69, 9.17) is 9.97 Å². The van der Waals surface area contributed by atoms with E-state index < -0.39 is 0 Å². The van der Waals surface area contributed by atoms with Crippen LogP contribution in [-0.2, 0) is 12.8 Å². The molecule has 4 heteroatoms. The normalized spacial score (nSPS) is 13.7. The number of hydrogen-bond donors (Lipinski definition) is 0. The van der Waals surface area contributed by atoms with Gasteiger partial charge < -0.3 is 0 Å². The van der Waals surface area contributed by atoms with E-state index in [1.54, 1.807) is 0 Å². The first kappa shape index (κ1) is 23.9. The van der Waals surface area contributed by atoms with Crippen molar-refractivity contribution < 1.29 is 0 Å². The zero-order valence-corrected chi connectivity index (χ0v) is 23.9. The number of aryl methyl sites for hydroxylation is 1. The molecule has 9 rings (SSSR count). The molecule has 2 aliphatic carbocycles. The van der Waals surface area contributed by atoms with Gasteiger partial charge in [-0.1, -0.05) is 103 Å². The number of rotatable bonds is 3. The van der Waals surface area contributed by atoms with E-state index >= 15 is 0 Å². The fraction of sp³-hybridized carbons (Fsp3) is 0.105. The topological polar surface area (TPSA) is 30.7 Å². The number of hydrogen-bond acceptors (Lipinski definition) is 3. The molecule has 0 unspecified atom stereocenters. The van der Waals surface area contributed by atoms with E-state index in [1.165, 1.54) is 53.8 Å². The van der Waals surface area contributed by atoms with Gasteiger partial charge in [-0.05, 0) is 48.9 Å². The zero-order chi connectivity index (χ0) is 27.6. The third-order valence-corrected chi connectivity index (χ3v) is 9.99. The number of nitrogens with zero attached hydrogens (tertiary/aromatic N) is 3. The van der Waals surface area contributed by atoms with Gasteiger partial charge in [0, 0.05) is 48.0 Å². The standard InChI is InChI=1S/C38H27N3S/c1-2-10-24(11-3-1)25-18-20-26(21-19-25)37-27-12-4-7-15-30(27)39-38(40-37)41-31-16-8-5-13-28(31)35-32(41)22-23-34-36(35)29-14-6-9-17-33(29)42-34/h1-3,5-6,8-21H,4,7,22-23H2. The third-order valence-electron chi connectivity index (χ3n) is 8.76. The van der Waals surface area contributed by atoms with Crippen LogP contribution in [0, 0.1) is 0 Å². The van der Waals surface area contributed by atoms with Crippen LogP contribution >= 0.6 is 11.3 Å². The maximum absolute atomic E-state index is 5.37. The van der Waals surface area contributed by atoms with Gasteiger partial charge in [-0.15, -0.1) is 11.3 Å². The molecule has 0 aliphatic heterocycles. The SMILES string of the molecule is C1=c2nc(-n3c4c(c5ccccc53)-c3c(sc5ccccc35)CC4)nc(-c3ccc(-c4ccccc4)cc3)c2=CCC1. The summed E-state index contributed by atoms with van der Waals surface area (Å²) < 4.78 is 3.72. The number of para-hydroxylation sites is 1. The van der Waals surface area contributed by atoms with Crippen LogP contribution in [0.1, 0.15) is 23.4 Å². The summed E-state index contributed by atoms with van der Waals surface area (Å²) in [4.78, 5) is 12.1. The maximum Gasteiger partial charge on any atom is 0.235 e. The zero-order valence-electron chi connectivity index (χ0n) is 23.0. The second kappa shape index (κ2) is 9.37. The van der Waals surface area contributed by atoms with Crippen molar-refractivity contribution in [3.63, 3.8) is 0 Å². The predicted molar refractivity (Wildman–Crippen MR) is 175 cm³/mol. The van der Waals surface area contributed by atoms with Crippen LogP contribution in [0.2, 0.25) is 0 Å². The largest absolute Gasteiger partial charge is 0.282 e. The third kappa shape index (κ3) is 3.58. The Kier molecular flexibility index (Phi) is 5.32. The summed E-state index contributed by atoms with van der Waals surface area (Å²) in [6, 6.07) is 37.0. The molecule has 3 nitrogen and oxygen atoms in total. The molecule has 7 aromatic rings. The van der Waals surface area contributed by atoms with Gasteiger partial charge >= 0.3 is 0 Å². The van der Waals surface area contributed by atoms with Crippen LogP contribution in [0.15, 0.2) is 103 Å². The average molecular weight is 558 g/mol. The smallest absolute Gasteiger partial charge is 0.235 e. The van der Waals surface area contributed by atoms with Gasteiger partial charge in [-0.25, -0.2) is 9.97 Å². The molecule has 4 aromatic carbocycles. The Labute approximate surface area is 247 Å². The van der Waals surface area contributed by atoms with Gasteiger partial charge in [0.05, 0.1) is 16.6 Å². The van der Waals surface area contributed by atoms with E-state index in [9.17, 15) is 0 Å². The Bertz CT molecular complexity index is 2290. The Morgan fingerprint density at radius 2 is 1.31 bits per heavy atom. The molecule has 0 atom stereocenters. The molecular weight excluding hydrogens is 531 g/mol. The highest BCUT2D eigenvalue weighted by molar-refractivity contribution is 7.19. The molecule has 0 spiro atoms. The molecule has 0 N–H and O–H groups in total. The van der Waals surface area contributed by atoms with Crippen LogP contribution in [-0.4, -0.2) is 14.5 Å². The molecule has 3 heterocycles. The molecule has 0 fully saturated rings. The van der Waals surface area contributed by atoms with E-state index in [-0.39, 0.29) is 0 Å². The first-order chi connectivity index (χ1) is 20.8. The van der Waals surface area contributed by atoms with E-state index in [0.29, 0.717) is 0 Å². The van der Waals surface area contributed by atoms with Gasteiger partial charge in [0.2, 0.25) is 5.95 Å². The number of fused-ring (bicyclic) bond motifs is 8. The molecule has 3 aromatic heterocycles. The van der Waals surface area contributed by atoms with E-state index in [0.717, 1.165) is 53.5 Å². The van der Waals surface area contributed by atoms with Crippen molar-refractivity contribution in [2.75, 3.05) is 0 Å². The highest BCUT2D eigenvalue weighted by atomic mass is 32.1. The van der Waals surface area contributed by atoms with Crippen molar-refractivity contribution in [1.82, 2.24) is 14.5 Å². The molecule has 200 valence electrons. The molecule has 0 saturated heterocycles. The summed E-state index contributed by atoms with van der Waals surface area (Å²) in [5.74, 6) is 0.767. The van der Waals surface area contributed by atoms with Crippen molar-refractivity contribution in [2.45, 2.75) is 25.7 Å². The Hall–Kier alpha value is -4.80. The quantitative estimate of drug-likeness (QED) is 0.220.